The molecule has 0 atom stereocenters. The van der Waals surface area contributed by atoms with E-state index in [4.69, 9.17) is 10.2 Å². The average molecular weight is 494 g/mol. The number of pyridine rings is 1. The fraction of sp³-hybridized carbons (Fsp3) is 0.556. The SMILES string of the molecule is CC1(C)CC=C(c2nc(C3CC(C)(C)S(=O)C(C)(C)C3)ccc2NC(=O)c2ncc(C#N)[nH]2)CC1. The van der Waals surface area contributed by atoms with Crippen LogP contribution in [0.3, 0.4) is 0 Å². The third-order valence-electron chi connectivity index (χ3n) is 7.25. The number of imidazole rings is 1. The maximum absolute atomic E-state index is 13.1. The Bertz CT molecular complexity index is 1230. The summed E-state index contributed by atoms with van der Waals surface area (Å²) in [6.07, 6.45) is 8.08. The molecule has 0 spiro atoms. The van der Waals surface area contributed by atoms with Gasteiger partial charge in [0.05, 0.1) is 17.6 Å². The van der Waals surface area contributed by atoms with Crippen molar-refractivity contribution in [3.8, 4) is 6.07 Å². The van der Waals surface area contributed by atoms with E-state index in [1.807, 2.05) is 18.2 Å². The molecule has 4 rings (SSSR count). The van der Waals surface area contributed by atoms with Crippen molar-refractivity contribution in [3.63, 3.8) is 0 Å². The van der Waals surface area contributed by atoms with Crippen LogP contribution in [0, 0.1) is 16.7 Å². The molecule has 0 unspecified atom stereocenters. The minimum absolute atomic E-state index is 0.0913. The number of hydrogen-bond acceptors (Lipinski definition) is 5. The standard InChI is InChI=1S/C27H35N5O2S/c1-25(2)11-9-17(10-12-25)22-21(32-24(33)23-29-16-19(15-28)30-23)8-7-20(31-22)18-13-26(3,4)35(34)27(5,6)14-18/h7-9,16,18H,10-14H2,1-6H3,(H,29,30)(H,32,33). The maximum atomic E-state index is 13.1. The first-order chi connectivity index (χ1) is 16.3. The third kappa shape index (κ3) is 5.25. The molecular weight excluding hydrogens is 458 g/mol. The number of aromatic nitrogens is 3. The van der Waals surface area contributed by atoms with Crippen molar-refractivity contribution in [3.05, 3.63) is 47.3 Å². The van der Waals surface area contributed by atoms with Crippen molar-refractivity contribution in [2.24, 2.45) is 5.41 Å². The molecule has 1 aliphatic carbocycles. The Hall–Kier alpha value is -2.79. The van der Waals surface area contributed by atoms with Crippen LogP contribution in [0.15, 0.2) is 24.4 Å². The number of carbonyl (C=O) groups excluding carboxylic acids is 1. The van der Waals surface area contributed by atoms with Crippen molar-refractivity contribution < 1.29 is 9.00 Å². The molecule has 0 radical (unpaired) electrons. The van der Waals surface area contributed by atoms with E-state index in [1.165, 1.54) is 6.20 Å². The molecule has 0 saturated carbocycles. The zero-order valence-electron chi connectivity index (χ0n) is 21.5. The van der Waals surface area contributed by atoms with E-state index < -0.39 is 16.7 Å². The molecule has 8 heteroatoms. The smallest absolute Gasteiger partial charge is 0.291 e. The normalized spacial score (nSPS) is 24.8. The molecule has 0 bridgehead atoms. The van der Waals surface area contributed by atoms with Crippen LogP contribution in [0.5, 0.6) is 0 Å². The van der Waals surface area contributed by atoms with Crippen LogP contribution in [0.25, 0.3) is 5.57 Å². The minimum atomic E-state index is -0.936. The van der Waals surface area contributed by atoms with Gasteiger partial charge in [0, 0.05) is 31.9 Å². The largest absolute Gasteiger partial charge is 0.326 e. The number of allylic oxidation sites excluding steroid dienone is 2. The average Bonchev–Trinajstić information content (AvgIpc) is 3.27. The zero-order valence-corrected chi connectivity index (χ0v) is 22.3. The summed E-state index contributed by atoms with van der Waals surface area (Å²) in [4.78, 5) is 24.8. The second kappa shape index (κ2) is 9.02. The summed E-state index contributed by atoms with van der Waals surface area (Å²) in [5, 5.41) is 12.0. The number of amides is 1. The molecule has 186 valence electrons. The second-order valence-electron chi connectivity index (χ2n) is 11.8. The Labute approximate surface area is 210 Å². The predicted molar refractivity (Wildman–Crippen MR) is 139 cm³/mol. The summed E-state index contributed by atoms with van der Waals surface area (Å²) in [7, 11) is -0.936. The Morgan fingerprint density at radius 3 is 2.43 bits per heavy atom. The van der Waals surface area contributed by atoms with Gasteiger partial charge in [-0.15, -0.1) is 0 Å². The van der Waals surface area contributed by atoms with Gasteiger partial charge in [-0.3, -0.25) is 14.0 Å². The fourth-order valence-corrected chi connectivity index (χ4v) is 7.58. The van der Waals surface area contributed by atoms with Gasteiger partial charge in [0.15, 0.2) is 5.82 Å². The predicted octanol–water partition coefficient (Wildman–Crippen LogP) is 5.71. The topological polar surface area (TPSA) is 112 Å². The van der Waals surface area contributed by atoms with E-state index in [2.05, 4.69) is 62.9 Å². The number of nitrogens with zero attached hydrogens (tertiary/aromatic N) is 3. The van der Waals surface area contributed by atoms with Crippen LogP contribution in [0.2, 0.25) is 0 Å². The Balaban J connectivity index is 1.71. The van der Waals surface area contributed by atoms with Crippen molar-refractivity contribution in [2.75, 3.05) is 5.32 Å². The van der Waals surface area contributed by atoms with Crippen LogP contribution < -0.4 is 5.32 Å². The number of hydrogen-bond donors (Lipinski definition) is 2. The molecule has 1 fully saturated rings. The molecule has 35 heavy (non-hydrogen) atoms. The fourth-order valence-electron chi connectivity index (χ4n) is 5.38. The van der Waals surface area contributed by atoms with E-state index in [1.54, 1.807) is 0 Å². The molecule has 1 saturated heterocycles. The molecule has 1 aliphatic heterocycles. The van der Waals surface area contributed by atoms with E-state index in [9.17, 15) is 9.00 Å². The van der Waals surface area contributed by atoms with E-state index in [0.29, 0.717) is 5.69 Å². The number of carbonyl (C=O) groups is 1. The van der Waals surface area contributed by atoms with Crippen LogP contribution in [0.1, 0.15) is 107 Å². The minimum Gasteiger partial charge on any atom is -0.326 e. The molecule has 3 heterocycles. The number of nitriles is 1. The van der Waals surface area contributed by atoms with Crippen molar-refractivity contribution >= 4 is 28.0 Å². The lowest BCUT2D eigenvalue weighted by Gasteiger charge is -2.44. The Morgan fingerprint density at radius 2 is 1.86 bits per heavy atom. The summed E-state index contributed by atoms with van der Waals surface area (Å²) in [6, 6.07) is 5.87. The highest BCUT2D eigenvalue weighted by molar-refractivity contribution is 7.87. The van der Waals surface area contributed by atoms with Gasteiger partial charge < -0.3 is 10.3 Å². The highest BCUT2D eigenvalue weighted by Gasteiger charge is 2.46. The molecule has 7 nitrogen and oxygen atoms in total. The molecule has 2 aromatic rings. The summed E-state index contributed by atoms with van der Waals surface area (Å²) >= 11 is 0. The van der Waals surface area contributed by atoms with Gasteiger partial charge in [-0.25, -0.2) is 4.98 Å². The first-order valence-electron chi connectivity index (χ1n) is 12.2. The van der Waals surface area contributed by atoms with E-state index in [0.717, 1.165) is 49.1 Å². The highest BCUT2D eigenvalue weighted by Crippen LogP contribution is 2.46. The van der Waals surface area contributed by atoms with Gasteiger partial charge in [0.2, 0.25) is 0 Å². The first kappa shape index (κ1) is 25.3. The molecule has 0 aromatic carbocycles. The molecule has 2 aliphatic rings. The third-order valence-corrected chi connectivity index (χ3v) is 9.59. The number of rotatable bonds is 4. The van der Waals surface area contributed by atoms with E-state index >= 15 is 0 Å². The van der Waals surface area contributed by atoms with Gasteiger partial charge in [-0.1, -0.05) is 19.9 Å². The number of H-pyrrole nitrogens is 1. The van der Waals surface area contributed by atoms with Gasteiger partial charge in [-0.2, -0.15) is 5.26 Å². The summed E-state index contributed by atoms with van der Waals surface area (Å²) < 4.78 is 12.5. The monoisotopic (exact) mass is 493 g/mol. The van der Waals surface area contributed by atoms with Gasteiger partial charge in [0.1, 0.15) is 11.8 Å². The number of nitrogens with one attached hydrogen (secondary N) is 2. The Morgan fingerprint density at radius 1 is 1.17 bits per heavy atom. The summed E-state index contributed by atoms with van der Waals surface area (Å²) in [5.74, 6) is -0.131. The lowest BCUT2D eigenvalue weighted by molar-refractivity contribution is 0.101. The van der Waals surface area contributed by atoms with Gasteiger partial charge >= 0.3 is 0 Å². The summed E-state index contributed by atoms with van der Waals surface area (Å²) in [6.45, 7) is 12.9. The molecule has 2 N–H and O–H groups in total. The van der Waals surface area contributed by atoms with E-state index in [-0.39, 0.29) is 32.3 Å². The van der Waals surface area contributed by atoms with Crippen molar-refractivity contribution in [1.82, 2.24) is 15.0 Å². The van der Waals surface area contributed by atoms with Gasteiger partial charge in [0.25, 0.3) is 5.91 Å². The Kier molecular flexibility index (Phi) is 6.52. The molecular formula is C27H35N5O2S. The number of aromatic amines is 1. The molecule has 2 aromatic heterocycles. The van der Waals surface area contributed by atoms with Gasteiger partial charge in [-0.05, 0) is 82.9 Å². The van der Waals surface area contributed by atoms with Crippen molar-refractivity contribution in [1.29, 1.82) is 5.26 Å². The quantitative estimate of drug-likeness (QED) is 0.567. The van der Waals surface area contributed by atoms with Crippen LogP contribution >= 0.6 is 0 Å². The lowest BCUT2D eigenvalue weighted by Crippen LogP contribution is -2.47. The number of anilines is 1. The van der Waals surface area contributed by atoms with Crippen molar-refractivity contribution in [2.45, 2.75) is 89.1 Å². The first-order valence-corrected chi connectivity index (χ1v) is 13.4. The second-order valence-corrected chi connectivity index (χ2v) is 14.6. The van der Waals surface area contributed by atoms with Crippen LogP contribution in [-0.2, 0) is 10.8 Å². The lowest BCUT2D eigenvalue weighted by atomic mass is 9.77. The van der Waals surface area contributed by atoms with Crippen LogP contribution in [0.4, 0.5) is 5.69 Å². The highest BCUT2D eigenvalue weighted by atomic mass is 32.2. The molecule has 1 amide bonds. The zero-order chi connectivity index (χ0) is 25.6. The van der Waals surface area contributed by atoms with Crippen LogP contribution in [-0.4, -0.2) is 34.6 Å². The maximum Gasteiger partial charge on any atom is 0.291 e. The summed E-state index contributed by atoms with van der Waals surface area (Å²) in [5.41, 5.74) is 4.02.